The van der Waals surface area contributed by atoms with Gasteiger partial charge in [0.2, 0.25) is 15.9 Å². The number of carbonyl (C=O) groups is 1. The van der Waals surface area contributed by atoms with Crippen molar-refractivity contribution in [3.8, 4) is 5.75 Å². The summed E-state index contributed by atoms with van der Waals surface area (Å²) in [7, 11) is -2.56. The molecule has 0 unspecified atom stereocenters. The van der Waals surface area contributed by atoms with Gasteiger partial charge in [0.05, 0.1) is 17.6 Å². The van der Waals surface area contributed by atoms with Gasteiger partial charge in [0, 0.05) is 30.8 Å². The Morgan fingerprint density at radius 1 is 1.10 bits per heavy atom. The largest absolute Gasteiger partial charge is 0.497 e. The molecule has 1 heterocycles. The molecule has 1 amide bonds. The smallest absolute Gasteiger partial charge is 0.416 e. The third-order valence-corrected chi connectivity index (χ3v) is 6.86. The van der Waals surface area contributed by atoms with E-state index < -0.39 is 32.6 Å². The highest BCUT2D eigenvalue weighted by molar-refractivity contribution is 7.89. The first-order valence-electron chi connectivity index (χ1n) is 9.23. The molecule has 0 spiro atoms. The standard InChI is InChI=1S/C20H21F3N2O4S/c1-29-17-6-3-5-16(13-17)24-19(26)14-8-10-25(11-9-14)30(27,28)18-7-2-4-15(12-18)20(21,22)23/h2-7,12-14H,8-11H2,1H3,(H,24,26). The van der Waals surface area contributed by atoms with Crippen LogP contribution >= 0.6 is 0 Å². The number of methoxy groups -OCH3 is 1. The maximum absolute atomic E-state index is 12.9. The quantitative estimate of drug-likeness (QED) is 0.765. The second kappa shape index (κ2) is 8.65. The molecule has 1 saturated heterocycles. The van der Waals surface area contributed by atoms with E-state index in [1.54, 1.807) is 24.3 Å². The molecule has 1 aliphatic rings. The number of halogens is 3. The van der Waals surface area contributed by atoms with Crippen molar-refractivity contribution in [2.45, 2.75) is 23.9 Å². The molecule has 0 radical (unpaired) electrons. The fourth-order valence-electron chi connectivity index (χ4n) is 3.29. The van der Waals surface area contributed by atoms with Crippen molar-refractivity contribution in [2.75, 3.05) is 25.5 Å². The Hall–Kier alpha value is -2.59. The Kier molecular flexibility index (Phi) is 6.37. The van der Waals surface area contributed by atoms with Gasteiger partial charge in [-0.1, -0.05) is 12.1 Å². The lowest BCUT2D eigenvalue weighted by Crippen LogP contribution is -2.41. The van der Waals surface area contributed by atoms with E-state index in [2.05, 4.69) is 5.32 Å². The molecule has 0 atom stereocenters. The molecule has 0 aliphatic carbocycles. The molecule has 1 N–H and O–H groups in total. The molecule has 0 aromatic heterocycles. The summed E-state index contributed by atoms with van der Waals surface area (Å²) < 4.78 is 70.4. The molecule has 1 aliphatic heterocycles. The normalized spacial score (nSPS) is 16.3. The number of alkyl halides is 3. The molecule has 2 aromatic rings. The minimum atomic E-state index is -4.63. The fourth-order valence-corrected chi connectivity index (χ4v) is 4.80. The Morgan fingerprint density at radius 3 is 2.40 bits per heavy atom. The lowest BCUT2D eigenvalue weighted by Gasteiger charge is -2.30. The van der Waals surface area contributed by atoms with Crippen LogP contribution in [0.1, 0.15) is 18.4 Å². The number of carbonyl (C=O) groups excluding carboxylic acids is 1. The minimum Gasteiger partial charge on any atom is -0.497 e. The van der Waals surface area contributed by atoms with Gasteiger partial charge in [-0.05, 0) is 43.2 Å². The van der Waals surface area contributed by atoms with Crippen LogP contribution in [0.3, 0.4) is 0 Å². The predicted octanol–water partition coefficient (Wildman–Crippen LogP) is 3.75. The molecule has 0 bridgehead atoms. The molecule has 10 heteroatoms. The van der Waals surface area contributed by atoms with E-state index in [-0.39, 0.29) is 31.8 Å². The summed E-state index contributed by atoms with van der Waals surface area (Å²) in [6.45, 7) is 0.101. The summed E-state index contributed by atoms with van der Waals surface area (Å²) in [4.78, 5) is 12.1. The van der Waals surface area contributed by atoms with E-state index in [4.69, 9.17) is 4.74 Å². The first kappa shape index (κ1) is 22.1. The third-order valence-electron chi connectivity index (χ3n) is 4.96. The Labute approximate surface area is 172 Å². The molecular formula is C20H21F3N2O4S. The molecule has 0 saturated carbocycles. The Morgan fingerprint density at radius 2 is 1.77 bits per heavy atom. The van der Waals surface area contributed by atoms with E-state index in [0.717, 1.165) is 22.5 Å². The number of sulfonamides is 1. The van der Waals surface area contributed by atoms with Crippen LogP contribution in [-0.2, 0) is 21.0 Å². The summed E-state index contributed by atoms with van der Waals surface area (Å²) in [5.41, 5.74) is -0.450. The van der Waals surface area contributed by atoms with Gasteiger partial charge in [0.25, 0.3) is 0 Å². The minimum absolute atomic E-state index is 0.0504. The summed E-state index contributed by atoms with van der Waals surface area (Å²) >= 11 is 0. The Bertz CT molecular complexity index is 1020. The second-order valence-electron chi connectivity index (χ2n) is 6.93. The lowest BCUT2D eigenvalue weighted by atomic mass is 9.97. The van der Waals surface area contributed by atoms with Crippen molar-refractivity contribution in [2.24, 2.45) is 5.92 Å². The number of hydrogen-bond acceptors (Lipinski definition) is 4. The molecular weight excluding hydrogens is 421 g/mol. The van der Waals surface area contributed by atoms with E-state index >= 15 is 0 Å². The van der Waals surface area contributed by atoms with Gasteiger partial charge in [-0.3, -0.25) is 4.79 Å². The van der Waals surface area contributed by atoms with Crippen LogP contribution in [0.5, 0.6) is 5.75 Å². The zero-order valence-electron chi connectivity index (χ0n) is 16.1. The highest BCUT2D eigenvalue weighted by Gasteiger charge is 2.35. The highest BCUT2D eigenvalue weighted by Crippen LogP contribution is 2.32. The van der Waals surface area contributed by atoms with Gasteiger partial charge >= 0.3 is 6.18 Å². The second-order valence-corrected chi connectivity index (χ2v) is 8.86. The van der Waals surface area contributed by atoms with Crippen LogP contribution < -0.4 is 10.1 Å². The van der Waals surface area contributed by atoms with Crippen molar-refractivity contribution >= 4 is 21.6 Å². The zero-order valence-corrected chi connectivity index (χ0v) is 17.0. The van der Waals surface area contributed by atoms with Crippen molar-refractivity contribution in [3.05, 3.63) is 54.1 Å². The monoisotopic (exact) mass is 442 g/mol. The molecule has 3 rings (SSSR count). The van der Waals surface area contributed by atoms with Crippen LogP contribution in [0.15, 0.2) is 53.4 Å². The molecule has 6 nitrogen and oxygen atoms in total. The van der Waals surface area contributed by atoms with Crippen LogP contribution in [0.2, 0.25) is 0 Å². The van der Waals surface area contributed by atoms with Crippen molar-refractivity contribution < 1.29 is 31.1 Å². The number of nitrogens with one attached hydrogen (secondary N) is 1. The summed E-state index contributed by atoms with van der Waals surface area (Å²) in [5, 5.41) is 2.78. The lowest BCUT2D eigenvalue weighted by molar-refractivity contribution is -0.137. The van der Waals surface area contributed by atoms with Gasteiger partial charge in [-0.15, -0.1) is 0 Å². The number of anilines is 1. The van der Waals surface area contributed by atoms with Crippen LogP contribution in [0.25, 0.3) is 0 Å². The zero-order chi connectivity index (χ0) is 21.9. The maximum Gasteiger partial charge on any atom is 0.416 e. The first-order valence-corrected chi connectivity index (χ1v) is 10.7. The van der Waals surface area contributed by atoms with Gasteiger partial charge < -0.3 is 10.1 Å². The van der Waals surface area contributed by atoms with E-state index in [1.807, 2.05) is 0 Å². The van der Waals surface area contributed by atoms with Gasteiger partial charge in [-0.25, -0.2) is 8.42 Å². The van der Waals surface area contributed by atoms with E-state index in [9.17, 15) is 26.4 Å². The van der Waals surface area contributed by atoms with Crippen molar-refractivity contribution in [1.29, 1.82) is 0 Å². The highest BCUT2D eigenvalue weighted by atomic mass is 32.2. The number of piperidine rings is 1. The molecule has 30 heavy (non-hydrogen) atoms. The topological polar surface area (TPSA) is 75.7 Å². The average Bonchev–Trinajstić information content (AvgIpc) is 2.73. The van der Waals surface area contributed by atoms with Crippen LogP contribution in [0, 0.1) is 5.92 Å². The molecule has 2 aromatic carbocycles. The number of amides is 1. The summed E-state index contributed by atoms with van der Waals surface area (Å²) in [6.07, 6.45) is -4.08. The van der Waals surface area contributed by atoms with Gasteiger partial charge in [0.1, 0.15) is 5.75 Å². The SMILES string of the molecule is COc1cccc(NC(=O)C2CCN(S(=O)(=O)c3cccc(C(F)(F)F)c3)CC2)c1. The fraction of sp³-hybridized carbons (Fsp3) is 0.350. The molecule has 1 fully saturated rings. The Balaban J connectivity index is 1.65. The van der Waals surface area contributed by atoms with E-state index in [1.165, 1.54) is 7.11 Å². The van der Waals surface area contributed by atoms with E-state index in [0.29, 0.717) is 17.5 Å². The summed E-state index contributed by atoms with van der Waals surface area (Å²) in [5.74, 6) is -0.0432. The van der Waals surface area contributed by atoms with Crippen molar-refractivity contribution in [1.82, 2.24) is 4.31 Å². The number of benzene rings is 2. The average molecular weight is 442 g/mol. The summed E-state index contributed by atoms with van der Waals surface area (Å²) in [6, 6.07) is 10.5. The number of rotatable bonds is 5. The van der Waals surface area contributed by atoms with Crippen molar-refractivity contribution in [3.63, 3.8) is 0 Å². The third kappa shape index (κ3) is 4.93. The number of ether oxygens (including phenoxy) is 1. The van der Waals surface area contributed by atoms with Gasteiger partial charge in [0.15, 0.2) is 0 Å². The predicted molar refractivity (Wildman–Crippen MR) is 105 cm³/mol. The van der Waals surface area contributed by atoms with Gasteiger partial charge in [-0.2, -0.15) is 17.5 Å². The maximum atomic E-state index is 12.9. The molecule has 162 valence electrons. The van der Waals surface area contributed by atoms with Crippen LogP contribution in [0.4, 0.5) is 18.9 Å². The van der Waals surface area contributed by atoms with Crippen LogP contribution in [-0.4, -0.2) is 38.8 Å². The number of nitrogens with zero attached hydrogens (tertiary/aromatic N) is 1. The number of hydrogen-bond donors (Lipinski definition) is 1. The first-order chi connectivity index (χ1) is 14.1.